The Hall–Kier alpha value is -1.15. The fourth-order valence-electron chi connectivity index (χ4n) is 2.62. The fraction of sp³-hybridized carbons (Fsp3) is 0.538. The summed E-state index contributed by atoms with van der Waals surface area (Å²) >= 11 is 0. The van der Waals surface area contributed by atoms with Gasteiger partial charge in [-0.1, -0.05) is 12.1 Å². The normalized spacial score (nSPS) is 20.4. The lowest BCUT2D eigenvalue weighted by atomic mass is 9.99. The number of fused-ring (bicyclic) bond motifs is 1. The van der Waals surface area contributed by atoms with Crippen LogP contribution in [0.25, 0.3) is 0 Å². The standard InChI is InChI=1S/C13H19N3O3S/c17-20(18,16-6-8-19-9-7-16)15-13-3-1-2-11-10-14-5-4-12(11)13/h1-3,14-15H,4-10H2. The number of hydrogen-bond donors (Lipinski definition) is 2. The van der Waals surface area contributed by atoms with E-state index in [1.165, 1.54) is 9.87 Å². The maximum Gasteiger partial charge on any atom is 0.301 e. The van der Waals surface area contributed by atoms with Gasteiger partial charge in [-0.2, -0.15) is 12.7 Å². The third-order valence-corrected chi connectivity index (χ3v) is 5.21. The van der Waals surface area contributed by atoms with Crippen LogP contribution in [0.3, 0.4) is 0 Å². The Labute approximate surface area is 119 Å². The molecule has 0 radical (unpaired) electrons. The number of rotatable bonds is 3. The highest BCUT2D eigenvalue weighted by atomic mass is 32.2. The monoisotopic (exact) mass is 297 g/mol. The van der Waals surface area contributed by atoms with Gasteiger partial charge in [-0.3, -0.25) is 4.72 Å². The third-order valence-electron chi connectivity index (χ3n) is 3.69. The Kier molecular flexibility index (Phi) is 3.93. The van der Waals surface area contributed by atoms with Gasteiger partial charge in [0.25, 0.3) is 0 Å². The summed E-state index contributed by atoms with van der Waals surface area (Å²) < 4.78 is 34.1. The predicted molar refractivity (Wildman–Crippen MR) is 76.8 cm³/mol. The number of benzene rings is 1. The zero-order valence-electron chi connectivity index (χ0n) is 11.3. The van der Waals surface area contributed by atoms with E-state index in [1.54, 1.807) is 0 Å². The molecule has 110 valence electrons. The summed E-state index contributed by atoms with van der Waals surface area (Å²) in [6, 6.07) is 5.76. The molecule has 2 N–H and O–H groups in total. The van der Waals surface area contributed by atoms with Crippen molar-refractivity contribution in [2.75, 3.05) is 37.6 Å². The van der Waals surface area contributed by atoms with Gasteiger partial charge >= 0.3 is 10.2 Å². The van der Waals surface area contributed by atoms with Crippen LogP contribution in [0, 0.1) is 0 Å². The SMILES string of the molecule is O=S(=O)(Nc1cccc2c1CCNC2)N1CCOCC1. The van der Waals surface area contributed by atoms with Crippen LogP contribution in [-0.4, -0.2) is 45.6 Å². The maximum atomic E-state index is 12.4. The van der Waals surface area contributed by atoms with Crippen LogP contribution >= 0.6 is 0 Å². The molecule has 0 saturated carbocycles. The third kappa shape index (κ3) is 2.80. The number of nitrogens with zero attached hydrogens (tertiary/aromatic N) is 1. The Morgan fingerprint density at radius 1 is 1.25 bits per heavy atom. The molecule has 2 heterocycles. The van der Waals surface area contributed by atoms with Crippen molar-refractivity contribution in [3.63, 3.8) is 0 Å². The van der Waals surface area contributed by atoms with Gasteiger partial charge in [-0.15, -0.1) is 0 Å². The van der Waals surface area contributed by atoms with Crippen LogP contribution in [0.1, 0.15) is 11.1 Å². The highest BCUT2D eigenvalue weighted by Crippen LogP contribution is 2.24. The molecule has 0 spiro atoms. The highest BCUT2D eigenvalue weighted by molar-refractivity contribution is 7.90. The van der Waals surface area contributed by atoms with Crippen molar-refractivity contribution in [1.82, 2.24) is 9.62 Å². The molecule has 0 bridgehead atoms. The predicted octanol–water partition coefficient (Wildman–Crippen LogP) is 0.321. The average Bonchev–Trinajstić information content (AvgIpc) is 2.48. The molecule has 0 unspecified atom stereocenters. The molecule has 0 aliphatic carbocycles. The van der Waals surface area contributed by atoms with Crippen molar-refractivity contribution in [2.24, 2.45) is 0 Å². The second-order valence-corrected chi connectivity index (χ2v) is 6.66. The van der Waals surface area contributed by atoms with Gasteiger partial charge in [-0.05, 0) is 30.2 Å². The molecule has 1 aromatic rings. The first-order valence-corrected chi connectivity index (χ1v) is 8.28. The molecular weight excluding hydrogens is 278 g/mol. The van der Waals surface area contributed by atoms with E-state index in [2.05, 4.69) is 10.0 Å². The lowest BCUT2D eigenvalue weighted by molar-refractivity contribution is 0.0733. The Balaban J connectivity index is 1.83. The van der Waals surface area contributed by atoms with Gasteiger partial charge in [-0.25, -0.2) is 0 Å². The topological polar surface area (TPSA) is 70.7 Å². The molecule has 1 saturated heterocycles. The van der Waals surface area contributed by atoms with E-state index in [9.17, 15) is 8.42 Å². The van der Waals surface area contributed by atoms with Crippen molar-refractivity contribution >= 4 is 15.9 Å². The Morgan fingerprint density at radius 3 is 2.85 bits per heavy atom. The quantitative estimate of drug-likeness (QED) is 0.843. The van der Waals surface area contributed by atoms with Gasteiger partial charge in [0.1, 0.15) is 0 Å². The summed E-state index contributed by atoms with van der Waals surface area (Å²) in [5.74, 6) is 0. The molecule has 1 aromatic carbocycles. The van der Waals surface area contributed by atoms with Crippen molar-refractivity contribution in [1.29, 1.82) is 0 Å². The van der Waals surface area contributed by atoms with Crippen LogP contribution in [-0.2, 0) is 27.9 Å². The van der Waals surface area contributed by atoms with Crippen LogP contribution in [0.2, 0.25) is 0 Å². The number of anilines is 1. The van der Waals surface area contributed by atoms with E-state index in [0.29, 0.717) is 32.0 Å². The largest absolute Gasteiger partial charge is 0.379 e. The molecule has 7 heteroatoms. The van der Waals surface area contributed by atoms with Crippen LogP contribution in [0.4, 0.5) is 5.69 Å². The summed E-state index contributed by atoms with van der Waals surface area (Å²) in [6.07, 6.45) is 0.844. The zero-order chi connectivity index (χ0) is 14.0. The van der Waals surface area contributed by atoms with E-state index in [1.807, 2.05) is 18.2 Å². The molecule has 0 aromatic heterocycles. The number of nitrogens with one attached hydrogen (secondary N) is 2. The van der Waals surface area contributed by atoms with Crippen LogP contribution in [0.5, 0.6) is 0 Å². The zero-order valence-corrected chi connectivity index (χ0v) is 12.1. The highest BCUT2D eigenvalue weighted by Gasteiger charge is 2.25. The lowest BCUT2D eigenvalue weighted by Gasteiger charge is -2.28. The summed E-state index contributed by atoms with van der Waals surface area (Å²) in [5, 5.41) is 3.29. The molecule has 20 heavy (non-hydrogen) atoms. The first-order valence-electron chi connectivity index (χ1n) is 6.84. The first kappa shape index (κ1) is 13.8. The van der Waals surface area contributed by atoms with Crippen molar-refractivity contribution in [3.8, 4) is 0 Å². The van der Waals surface area contributed by atoms with E-state index >= 15 is 0 Å². The average molecular weight is 297 g/mol. The summed E-state index contributed by atoms with van der Waals surface area (Å²) in [5.41, 5.74) is 2.97. The van der Waals surface area contributed by atoms with E-state index < -0.39 is 10.2 Å². The van der Waals surface area contributed by atoms with Crippen molar-refractivity contribution < 1.29 is 13.2 Å². The summed E-state index contributed by atoms with van der Waals surface area (Å²) in [6.45, 7) is 3.40. The molecule has 2 aliphatic rings. The Morgan fingerprint density at radius 2 is 2.05 bits per heavy atom. The number of ether oxygens (including phenoxy) is 1. The smallest absolute Gasteiger partial charge is 0.301 e. The van der Waals surface area contributed by atoms with E-state index in [-0.39, 0.29) is 0 Å². The van der Waals surface area contributed by atoms with Gasteiger partial charge < -0.3 is 10.1 Å². The van der Waals surface area contributed by atoms with E-state index in [0.717, 1.165) is 25.1 Å². The Bertz CT molecular complexity index is 583. The van der Waals surface area contributed by atoms with Crippen LogP contribution in [0.15, 0.2) is 18.2 Å². The molecule has 6 nitrogen and oxygen atoms in total. The number of morpholine rings is 1. The molecular formula is C13H19N3O3S. The molecule has 0 atom stereocenters. The molecule has 0 amide bonds. The maximum absolute atomic E-state index is 12.4. The minimum Gasteiger partial charge on any atom is -0.379 e. The van der Waals surface area contributed by atoms with Crippen molar-refractivity contribution in [2.45, 2.75) is 13.0 Å². The summed E-state index contributed by atoms with van der Waals surface area (Å²) in [7, 11) is -3.49. The van der Waals surface area contributed by atoms with E-state index in [4.69, 9.17) is 4.74 Å². The van der Waals surface area contributed by atoms with Gasteiger partial charge in [0.05, 0.1) is 18.9 Å². The number of hydrogen-bond acceptors (Lipinski definition) is 4. The van der Waals surface area contributed by atoms with Gasteiger partial charge in [0.2, 0.25) is 0 Å². The van der Waals surface area contributed by atoms with Gasteiger partial charge in [0, 0.05) is 19.6 Å². The van der Waals surface area contributed by atoms with Crippen LogP contribution < -0.4 is 10.0 Å². The molecule has 2 aliphatic heterocycles. The van der Waals surface area contributed by atoms with Crippen molar-refractivity contribution in [3.05, 3.63) is 29.3 Å². The molecule has 1 fully saturated rings. The fourth-order valence-corrected chi connectivity index (χ4v) is 3.85. The van der Waals surface area contributed by atoms with Gasteiger partial charge in [0.15, 0.2) is 0 Å². The first-order chi connectivity index (χ1) is 9.67. The minimum atomic E-state index is -3.49. The second kappa shape index (κ2) is 5.69. The molecule has 3 rings (SSSR count). The lowest BCUT2D eigenvalue weighted by Crippen LogP contribution is -2.43. The minimum absolute atomic E-state index is 0.409. The second-order valence-electron chi connectivity index (χ2n) is 4.99. The summed E-state index contributed by atoms with van der Waals surface area (Å²) in [4.78, 5) is 0.